The van der Waals surface area contributed by atoms with Gasteiger partial charge in [0.15, 0.2) is 5.78 Å². The van der Waals surface area contributed by atoms with Crippen LogP contribution in [0.15, 0.2) is 11.4 Å². The molecule has 0 unspecified atom stereocenters. The van der Waals surface area contributed by atoms with Gasteiger partial charge in [0.1, 0.15) is 5.92 Å². The smallest absolute Gasteiger partial charge is 0.323 e. The molecule has 1 aliphatic rings. The summed E-state index contributed by atoms with van der Waals surface area (Å²) in [5.41, 5.74) is 5.82. The Hall–Kier alpha value is -1.21. The van der Waals surface area contributed by atoms with E-state index in [1.54, 1.807) is 5.38 Å². The van der Waals surface area contributed by atoms with Crippen LogP contribution >= 0.6 is 11.3 Å². The largest absolute Gasteiger partial charge is 0.450 e. The number of thiophene rings is 1. The highest BCUT2D eigenvalue weighted by Crippen LogP contribution is 2.40. The Morgan fingerprint density at radius 1 is 1.44 bits per heavy atom. The third-order valence-corrected chi connectivity index (χ3v) is 3.43. The van der Waals surface area contributed by atoms with Crippen LogP contribution in [0.2, 0.25) is 0 Å². The minimum Gasteiger partial charge on any atom is -0.323 e. The Morgan fingerprint density at radius 2 is 2.06 bits per heavy atom. The number of carbonyl (C=O) groups is 2. The zero-order chi connectivity index (χ0) is 12.1. The summed E-state index contributed by atoms with van der Waals surface area (Å²) in [5, 5.41) is 1.57. The summed E-state index contributed by atoms with van der Waals surface area (Å²) in [7, 11) is 0. The molecule has 0 saturated heterocycles. The Morgan fingerprint density at radius 3 is 2.56 bits per heavy atom. The summed E-state index contributed by atoms with van der Waals surface area (Å²) in [6, 6.07) is 0.301. The topological polar surface area (TPSA) is 60.2 Å². The minimum atomic E-state index is -5.02. The maximum Gasteiger partial charge on any atom is 0.450 e. The van der Waals surface area contributed by atoms with Crippen LogP contribution in [-0.4, -0.2) is 17.7 Å². The first kappa shape index (κ1) is 11.3. The first-order valence-corrected chi connectivity index (χ1v) is 5.20. The highest BCUT2D eigenvalue weighted by molar-refractivity contribution is 7.12. The maximum atomic E-state index is 12.2. The quantitative estimate of drug-likeness (QED) is 0.770. The SMILES string of the molecule is N[C@H]1c2ccsc2C(=O)[C@@H]1C(=O)C(F)(F)F. The Balaban J connectivity index is 2.38. The molecule has 7 heteroatoms. The molecule has 0 aromatic carbocycles. The zero-order valence-corrected chi connectivity index (χ0v) is 8.56. The molecule has 2 atom stereocenters. The molecule has 0 radical (unpaired) electrons. The molecular weight excluding hydrogens is 243 g/mol. The number of Topliss-reactive ketones (excluding diaryl/α,β-unsaturated/α-hetero) is 2. The predicted molar refractivity (Wildman–Crippen MR) is 50.1 cm³/mol. The maximum absolute atomic E-state index is 12.2. The number of nitrogens with two attached hydrogens (primary N) is 1. The number of rotatable bonds is 1. The highest BCUT2D eigenvalue weighted by Gasteiger charge is 2.52. The van der Waals surface area contributed by atoms with Crippen LogP contribution in [0.4, 0.5) is 13.2 Å². The van der Waals surface area contributed by atoms with Crippen LogP contribution in [0.5, 0.6) is 0 Å². The lowest BCUT2D eigenvalue weighted by Gasteiger charge is -2.14. The molecule has 2 N–H and O–H groups in total. The Labute approximate surface area is 92.1 Å². The van der Waals surface area contributed by atoms with Crippen molar-refractivity contribution in [2.24, 2.45) is 11.7 Å². The van der Waals surface area contributed by atoms with Crippen LogP contribution in [-0.2, 0) is 4.79 Å². The van der Waals surface area contributed by atoms with E-state index in [0.29, 0.717) is 5.56 Å². The van der Waals surface area contributed by atoms with Gasteiger partial charge < -0.3 is 5.73 Å². The monoisotopic (exact) mass is 249 g/mol. The van der Waals surface area contributed by atoms with Gasteiger partial charge in [0.05, 0.1) is 4.88 Å². The molecule has 0 spiro atoms. The number of hydrogen-bond donors (Lipinski definition) is 1. The number of alkyl halides is 3. The Bertz CT molecular complexity index is 466. The van der Waals surface area contributed by atoms with Crippen molar-refractivity contribution in [2.45, 2.75) is 12.2 Å². The molecule has 86 valence electrons. The summed E-state index contributed by atoms with van der Waals surface area (Å²) >= 11 is 1.01. The standard InChI is InChI=1S/C9H6F3NO2S/c10-9(11,12)8(15)4-5(13)3-1-2-16-7(3)6(4)14/h1-2,4-5H,13H2/t4-,5+/m1/s1. The molecule has 1 aromatic heterocycles. The van der Waals surface area contributed by atoms with E-state index in [4.69, 9.17) is 5.73 Å². The third-order valence-electron chi connectivity index (χ3n) is 2.48. The van der Waals surface area contributed by atoms with Crippen LogP contribution in [0.25, 0.3) is 0 Å². The first-order chi connectivity index (χ1) is 7.34. The third kappa shape index (κ3) is 1.47. The van der Waals surface area contributed by atoms with Crippen molar-refractivity contribution in [2.75, 3.05) is 0 Å². The van der Waals surface area contributed by atoms with E-state index in [2.05, 4.69) is 0 Å². The molecular formula is C9H6F3NO2S. The first-order valence-electron chi connectivity index (χ1n) is 4.32. The summed E-state index contributed by atoms with van der Waals surface area (Å²) in [6.07, 6.45) is -5.02. The fraction of sp³-hybridized carbons (Fsp3) is 0.333. The summed E-state index contributed by atoms with van der Waals surface area (Å²) < 4.78 is 36.7. The molecule has 1 aromatic rings. The van der Waals surface area contributed by atoms with Crippen LogP contribution < -0.4 is 5.73 Å². The molecule has 0 amide bonds. The molecule has 2 rings (SSSR count). The molecule has 1 aliphatic carbocycles. The normalized spacial score (nSPS) is 24.6. The van der Waals surface area contributed by atoms with Gasteiger partial charge in [-0.15, -0.1) is 11.3 Å². The van der Waals surface area contributed by atoms with Gasteiger partial charge in [0, 0.05) is 6.04 Å². The number of fused-ring (bicyclic) bond motifs is 1. The van der Waals surface area contributed by atoms with E-state index in [0.717, 1.165) is 11.3 Å². The van der Waals surface area contributed by atoms with Crippen molar-refractivity contribution < 1.29 is 22.8 Å². The second-order valence-corrected chi connectivity index (χ2v) is 4.35. The van der Waals surface area contributed by atoms with Gasteiger partial charge in [-0.3, -0.25) is 9.59 Å². The fourth-order valence-electron chi connectivity index (χ4n) is 1.72. The lowest BCUT2D eigenvalue weighted by Crippen LogP contribution is -2.38. The van der Waals surface area contributed by atoms with Gasteiger partial charge in [0.25, 0.3) is 0 Å². The van der Waals surface area contributed by atoms with Gasteiger partial charge in [0.2, 0.25) is 5.78 Å². The zero-order valence-electron chi connectivity index (χ0n) is 7.75. The lowest BCUT2D eigenvalue weighted by molar-refractivity contribution is -0.174. The number of carbonyl (C=O) groups excluding carboxylic acids is 2. The van der Waals surface area contributed by atoms with Crippen LogP contribution in [0.1, 0.15) is 21.3 Å². The van der Waals surface area contributed by atoms with Crippen molar-refractivity contribution in [3.63, 3.8) is 0 Å². The molecule has 0 saturated carbocycles. The molecule has 1 heterocycles. The predicted octanol–water partition coefficient (Wildman–Crippen LogP) is 1.69. The van der Waals surface area contributed by atoms with Crippen molar-refractivity contribution in [3.05, 3.63) is 21.9 Å². The van der Waals surface area contributed by atoms with Gasteiger partial charge in [-0.1, -0.05) is 0 Å². The minimum absolute atomic E-state index is 0.162. The summed E-state index contributed by atoms with van der Waals surface area (Å²) in [5.74, 6) is -4.68. The summed E-state index contributed by atoms with van der Waals surface area (Å²) in [4.78, 5) is 22.8. The lowest BCUT2D eigenvalue weighted by atomic mass is 9.95. The Kier molecular flexibility index (Phi) is 2.39. The van der Waals surface area contributed by atoms with E-state index >= 15 is 0 Å². The molecule has 0 fully saturated rings. The number of hydrogen-bond acceptors (Lipinski definition) is 4. The highest BCUT2D eigenvalue weighted by atomic mass is 32.1. The van der Waals surface area contributed by atoms with E-state index in [9.17, 15) is 22.8 Å². The second-order valence-electron chi connectivity index (χ2n) is 3.43. The van der Waals surface area contributed by atoms with Crippen molar-refractivity contribution in [1.29, 1.82) is 0 Å². The molecule has 16 heavy (non-hydrogen) atoms. The van der Waals surface area contributed by atoms with Crippen LogP contribution in [0.3, 0.4) is 0 Å². The van der Waals surface area contributed by atoms with Gasteiger partial charge in [-0.2, -0.15) is 13.2 Å². The molecule has 3 nitrogen and oxygen atoms in total. The summed E-state index contributed by atoms with van der Waals surface area (Å²) in [6.45, 7) is 0. The van der Waals surface area contributed by atoms with E-state index in [-0.39, 0.29) is 4.88 Å². The fourth-order valence-corrected chi connectivity index (χ4v) is 2.66. The van der Waals surface area contributed by atoms with E-state index in [1.807, 2.05) is 0 Å². The second kappa shape index (κ2) is 3.39. The van der Waals surface area contributed by atoms with Crippen molar-refractivity contribution in [3.8, 4) is 0 Å². The van der Waals surface area contributed by atoms with Gasteiger partial charge >= 0.3 is 6.18 Å². The van der Waals surface area contributed by atoms with E-state index < -0.39 is 29.7 Å². The van der Waals surface area contributed by atoms with Crippen molar-refractivity contribution >= 4 is 22.9 Å². The average molecular weight is 249 g/mol. The van der Waals surface area contributed by atoms with E-state index in [1.165, 1.54) is 6.07 Å². The van der Waals surface area contributed by atoms with Crippen molar-refractivity contribution in [1.82, 2.24) is 0 Å². The molecule has 0 aliphatic heterocycles. The number of ketones is 2. The van der Waals surface area contributed by atoms with Crippen LogP contribution in [0, 0.1) is 5.92 Å². The molecule has 0 bridgehead atoms. The van der Waals surface area contributed by atoms with Gasteiger partial charge in [-0.05, 0) is 17.0 Å². The number of halogens is 3. The van der Waals surface area contributed by atoms with Gasteiger partial charge in [-0.25, -0.2) is 0 Å². The average Bonchev–Trinajstić information content (AvgIpc) is 2.70.